The molecule has 362 valence electrons. The first-order valence-electron chi connectivity index (χ1n) is 27.4. The third-order valence-electron chi connectivity index (χ3n) is 12.5. The lowest BCUT2D eigenvalue weighted by Gasteiger charge is -2.18. The van der Waals surface area contributed by atoms with Gasteiger partial charge in [0.1, 0.15) is 13.2 Å². The van der Waals surface area contributed by atoms with Gasteiger partial charge in [0, 0.05) is 19.3 Å². The molecule has 0 heterocycles. The minimum Gasteiger partial charge on any atom is -0.462 e. The van der Waals surface area contributed by atoms with Gasteiger partial charge in [0.05, 0.1) is 0 Å². The Morgan fingerprint density at radius 2 is 0.541 bits per heavy atom. The van der Waals surface area contributed by atoms with Crippen LogP contribution < -0.4 is 0 Å². The van der Waals surface area contributed by atoms with E-state index in [-0.39, 0.29) is 31.1 Å². The molecule has 0 amide bonds. The van der Waals surface area contributed by atoms with Crippen LogP contribution in [0.3, 0.4) is 0 Å². The molecule has 0 saturated heterocycles. The molecule has 0 aliphatic carbocycles. The fraction of sp³-hybridized carbons (Fsp3) is 0.945. The van der Waals surface area contributed by atoms with Crippen molar-refractivity contribution in [3.63, 3.8) is 0 Å². The molecular formula is C55H106O6. The van der Waals surface area contributed by atoms with Gasteiger partial charge in [-0.05, 0) is 25.2 Å². The Hall–Kier alpha value is -1.59. The zero-order valence-corrected chi connectivity index (χ0v) is 41.6. The number of ether oxygens (including phenoxy) is 3. The lowest BCUT2D eigenvalue weighted by atomic mass is 10.0. The van der Waals surface area contributed by atoms with Gasteiger partial charge in [-0.15, -0.1) is 0 Å². The molecule has 0 N–H and O–H groups in total. The second-order valence-corrected chi connectivity index (χ2v) is 19.3. The number of hydrogen-bond donors (Lipinski definition) is 0. The van der Waals surface area contributed by atoms with Crippen LogP contribution in [-0.2, 0) is 28.6 Å². The number of hydrogen-bond acceptors (Lipinski definition) is 6. The topological polar surface area (TPSA) is 78.9 Å². The van der Waals surface area contributed by atoms with Gasteiger partial charge in [-0.2, -0.15) is 0 Å². The summed E-state index contributed by atoms with van der Waals surface area (Å²) in [5.74, 6) is -0.0466. The maximum atomic E-state index is 12.8. The Bertz CT molecular complexity index is 918. The van der Waals surface area contributed by atoms with Crippen LogP contribution in [0.1, 0.15) is 310 Å². The third-order valence-corrected chi connectivity index (χ3v) is 12.5. The summed E-state index contributed by atoms with van der Waals surface area (Å²) in [4.78, 5) is 38.0. The fourth-order valence-corrected chi connectivity index (χ4v) is 8.39. The van der Waals surface area contributed by atoms with E-state index in [1.165, 1.54) is 205 Å². The van der Waals surface area contributed by atoms with Crippen LogP contribution in [0.5, 0.6) is 0 Å². The standard InChI is InChI=1S/C55H106O6/c1-5-7-9-11-13-15-17-19-20-21-22-23-24-26-27-29-34-38-42-46-53(56)59-49-52(50-60-54(57)47-43-39-35-32-31-33-37-41-45-51(3)4)61-55(58)48-44-40-36-30-28-25-18-16-14-12-10-8-6-2/h51-52H,5-50H2,1-4H3/t52-/m0/s1. The summed E-state index contributed by atoms with van der Waals surface area (Å²) in [5.41, 5.74) is 0. The van der Waals surface area contributed by atoms with Gasteiger partial charge in [-0.1, -0.05) is 272 Å². The largest absolute Gasteiger partial charge is 0.462 e. The summed E-state index contributed by atoms with van der Waals surface area (Å²) in [6.45, 7) is 9.01. The average molecular weight is 863 g/mol. The molecule has 0 unspecified atom stereocenters. The summed E-state index contributed by atoms with van der Waals surface area (Å²) in [7, 11) is 0. The zero-order chi connectivity index (χ0) is 44.5. The molecular weight excluding hydrogens is 757 g/mol. The SMILES string of the molecule is CCCCCCCCCCCCCCCCCCCCCC(=O)OC[C@@H](COC(=O)CCCCCCCCCCC(C)C)OC(=O)CCCCCCCCCCCCCCC. The van der Waals surface area contributed by atoms with Gasteiger partial charge in [-0.25, -0.2) is 0 Å². The molecule has 0 saturated carbocycles. The first kappa shape index (κ1) is 59.4. The molecule has 6 heteroatoms. The van der Waals surface area contributed by atoms with Gasteiger partial charge < -0.3 is 14.2 Å². The molecule has 61 heavy (non-hydrogen) atoms. The van der Waals surface area contributed by atoms with Crippen molar-refractivity contribution in [1.82, 2.24) is 0 Å². The molecule has 1 atom stereocenters. The summed E-state index contributed by atoms with van der Waals surface area (Å²) < 4.78 is 16.8. The van der Waals surface area contributed by atoms with Crippen molar-refractivity contribution in [2.75, 3.05) is 13.2 Å². The smallest absolute Gasteiger partial charge is 0.306 e. The highest BCUT2D eigenvalue weighted by Gasteiger charge is 2.19. The van der Waals surface area contributed by atoms with Gasteiger partial charge in [-0.3, -0.25) is 14.4 Å². The van der Waals surface area contributed by atoms with E-state index in [0.29, 0.717) is 19.3 Å². The van der Waals surface area contributed by atoms with Gasteiger partial charge >= 0.3 is 17.9 Å². The van der Waals surface area contributed by atoms with Crippen LogP contribution in [0.25, 0.3) is 0 Å². The fourth-order valence-electron chi connectivity index (χ4n) is 8.39. The van der Waals surface area contributed by atoms with Crippen LogP contribution >= 0.6 is 0 Å². The van der Waals surface area contributed by atoms with E-state index in [1.807, 2.05) is 0 Å². The van der Waals surface area contributed by atoms with Gasteiger partial charge in [0.2, 0.25) is 0 Å². The maximum Gasteiger partial charge on any atom is 0.306 e. The summed E-state index contributed by atoms with van der Waals surface area (Å²) in [5, 5.41) is 0. The summed E-state index contributed by atoms with van der Waals surface area (Å²) >= 11 is 0. The second kappa shape index (κ2) is 49.4. The predicted octanol–water partition coefficient (Wildman–Crippen LogP) is 17.8. The highest BCUT2D eigenvalue weighted by atomic mass is 16.6. The van der Waals surface area contributed by atoms with E-state index in [2.05, 4.69) is 27.7 Å². The van der Waals surface area contributed by atoms with Crippen molar-refractivity contribution >= 4 is 17.9 Å². The molecule has 0 fully saturated rings. The molecule has 0 aromatic heterocycles. The van der Waals surface area contributed by atoms with Crippen molar-refractivity contribution < 1.29 is 28.6 Å². The zero-order valence-electron chi connectivity index (χ0n) is 41.6. The minimum absolute atomic E-state index is 0.0627. The maximum absolute atomic E-state index is 12.8. The molecule has 0 rings (SSSR count). The molecule has 0 aliphatic heterocycles. The highest BCUT2D eigenvalue weighted by molar-refractivity contribution is 5.71. The molecule has 0 bridgehead atoms. The van der Waals surface area contributed by atoms with Crippen LogP contribution in [0.2, 0.25) is 0 Å². The van der Waals surface area contributed by atoms with E-state index >= 15 is 0 Å². The normalized spacial score (nSPS) is 12.0. The Morgan fingerprint density at radius 1 is 0.311 bits per heavy atom. The molecule has 6 nitrogen and oxygen atoms in total. The molecule has 0 aliphatic rings. The molecule has 0 aromatic rings. The Balaban J connectivity index is 4.24. The van der Waals surface area contributed by atoms with Crippen molar-refractivity contribution in [3.05, 3.63) is 0 Å². The number of carbonyl (C=O) groups excluding carboxylic acids is 3. The first-order chi connectivity index (χ1) is 29.9. The van der Waals surface area contributed by atoms with Crippen LogP contribution in [0.15, 0.2) is 0 Å². The lowest BCUT2D eigenvalue weighted by Crippen LogP contribution is -2.30. The Labute approximate surface area is 380 Å². The Morgan fingerprint density at radius 3 is 0.803 bits per heavy atom. The monoisotopic (exact) mass is 863 g/mol. The summed E-state index contributed by atoms with van der Waals surface area (Å²) in [6.07, 6.45) is 52.4. The quantitative estimate of drug-likeness (QED) is 0.0344. The second-order valence-electron chi connectivity index (χ2n) is 19.3. The molecule has 0 radical (unpaired) electrons. The first-order valence-corrected chi connectivity index (χ1v) is 27.4. The third kappa shape index (κ3) is 49.3. The van der Waals surface area contributed by atoms with E-state index < -0.39 is 6.10 Å². The average Bonchev–Trinajstić information content (AvgIpc) is 3.24. The van der Waals surface area contributed by atoms with Crippen LogP contribution in [-0.4, -0.2) is 37.2 Å². The highest BCUT2D eigenvalue weighted by Crippen LogP contribution is 2.17. The predicted molar refractivity (Wildman–Crippen MR) is 261 cm³/mol. The van der Waals surface area contributed by atoms with Crippen molar-refractivity contribution in [1.29, 1.82) is 0 Å². The minimum atomic E-state index is -0.761. The number of esters is 3. The number of carbonyl (C=O) groups is 3. The van der Waals surface area contributed by atoms with E-state index in [9.17, 15) is 14.4 Å². The van der Waals surface area contributed by atoms with E-state index in [4.69, 9.17) is 14.2 Å². The Kier molecular flexibility index (Phi) is 48.1. The van der Waals surface area contributed by atoms with Gasteiger partial charge in [0.15, 0.2) is 6.10 Å². The van der Waals surface area contributed by atoms with E-state index in [1.54, 1.807) is 0 Å². The van der Waals surface area contributed by atoms with Gasteiger partial charge in [0.25, 0.3) is 0 Å². The van der Waals surface area contributed by atoms with E-state index in [0.717, 1.165) is 63.7 Å². The lowest BCUT2D eigenvalue weighted by molar-refractivity contribution is -0.167. The van der Waals surface area contributed by atoms with Crippen LogP contribution in [0.4, 0.5) is 0 Å². The summed E-state index contributed by atoms with van der Waals surface area (Å²) in [6, 6.07) is 0. The molecule has 0 spiro atoms. The van der Waals surface area contributed by atoms with Crippen molar-refractivity contribution in [3.8, 4) is 0 Å². The molecule has 0 aromatic carbocycles. The van der Waals surface area contributed by atoms with Crippen LogP contribution in [0, 0.1) is 5.92 Å². The van der Waals surface area contributed by atoms with Crippen molar-refractivity contribution in [2.24, 2.45) is 5.92 Å². The van der Waals surface area contributed by atoms with Crippen molar-refractivity contribution in [2.45, 2.75) is 316 Å². The number of rotatable bonds is 50. The number of unbranched alkanes of at least 4 members (excludes halogenated alkanes) is 37.